The van der Waals surface area contributed by atoms with E-state index in [1.807, 2.05) is 30.3 Å². The number of ether oxygens (including phenoxy) is 5. The molecule has 12 heteroatoms. The van der Waals surface area contributed by atoms with E-state index in [0.29, 0.717) is 13.2 Å². The largest absolute Gasteiger partial charge is 0.459 e. The number of carbonyl (C=O) groups excluding carboxylic acids is 3. The molecule has 77 heavy (non-hydrogen) atoms. The van der Waals surface area contributed by atoms with E-state index in [1.54, 1.807) is 0 Å². The SMILES string of the molecule is CCCCCCCCCCC[C@H](CC(=O)N[C@@H](CC[C@@H]1O[C@H](CO)[C@@H](O)[C@H](OC(=O)C[C@@H](CCCCCCCCCCC)OCCCCCCCCCC)[C@H]1N)C(=O)OCc1ccccc1)OCCCCCCCCCC. The predicted octanol–water partition coefficient (Wildman–Crippen LogP) is 15.0. The van der Waals surface area contributed by atoms with Crippen LogP contribution in [0.5, 0.6) is 0 Å². The third-order valence-corrected chi connectivity index (χ3v) is 15.7. The van der Waals surface area contributed by atoms with Crippen LogP contribution >= 0.6 is 0 Å². The lowest BCUT2D eigenvalue weighted by Gasteiger charge is -2.43. The van der Waals surface area contributed by atoms with Gasteiger partial charge in [-0.05, 0) is 44.1 Å². The highest BCUT2D eigenvalue weighted by Gasteiger charge is 2.46. The molecule has 1 aromatic carbocycles. The normalized spacial score (nSPS) is 18.7. The van der Waals surface area contributed by atoms with Crippen molar-refractivity contribution >= 4 is 17.8 Å². The lowest BCUT2D eigenvalue weighted by Crippen LogP contribution is -2.63. The van der Waals surface area contributed by atoms with Crippen molar-refractivity contribution in [1.29, 1.82) is 0 Å². The Morgan fingerprint density at radius 1 is 0.558 bits per heavy atom. The van der Waals surface area contributed by atoms with E-state index in [0.717, 1.165) is 76.2 Å². The summed E-state index contributed by atoms with van der Waals surface area (Å²) in [6.45, 7) is 9.64. The number of unbranched alkanes of at least 4 members (excludes halogenated alkanes) is 30. The second kappa shape index (κ2) is 49.2. The number of nitrogens with one attached hydrogen (secondary N) is 1. The van der Waals surface area contributed by atoms with Gasteiger partial charge in [0.25, 0.3) is 0 Å². The van der Waals surface area contributed by atoms with Crippen molar-refractivity contribution in [2.24, 2.45) is 5.73 Å². The Morgan fingerprint density at radius 2 is 0.974 bits per heavy atom. The van der Waals surface area contributed by atoms with Crippen LogP contribution in [-0.2, 0) is 44.7 Å². The molecule has 0 radical (unpaired) electrons. The third kappa shape index (κ3) is 36.4. The summed E-state index contributed by atoms with van der Waals surface area (Å²) in [6, 6.07) is 7.39. The first-order valence-electron chi connectivity index (χ1n) is 32.3. The predicted molar refractivity (Wildman–Crippen MR) is 315 cm³/mol. The number of esters is 2. The molecule has 448 valence electrons. The Morgan fingerprint density at radius 3 is 1.42 bits per heavy atom. The molecule has 0 spiro atoms. The second-order valence-electron chi connectivity index (χ2n) is 22.8. The van der Waals surface area contributed by atoms with Crippen LogP contribution in [0.15, 0.2) is 30.3 Å². The van der Waals surface area contributed by atoms with Crippen molar-refractivity contribution in [3.05, 3.63) is 35.9 Å². The quantitative estimate of drug-likeness (QED) is 0.0361. The molecule has 0 saturated carbocycles. The zero-order valence-corrected chi connectivity index (χ0v) is 49.9. The van der Waals surface area contributed by atoms with Gasteiger partial charge in [0, 0.05) is 13.2 Å². The van der Waals surface area contributed by atoms with Gasteiger partial charge in [-0.15, -0.1) is 0 Å². The first kappa shape index (κ1) is 70.5. The molecule has 8 atom stereocenters. The van der Waals surface area contributed by atoms with Crippen molar-refractivity contribution in [2.45, 2.75) is 340 Å². The zero-order valence-electron chi connectivity index (χ0n) is 49.9. The molecule has 0 aliphatic carbocycles. The fraction of sp³-hybridized carbons (Fsp3) is 0.862. The Labute approximate surface area is 470 Å². The van der Waals surface area contributed by atoms with Gasteiger partial charge >= 0.3 is 11.9 Å². The van der Waals surface area contributed by atoms with Crippen molar-refractivity contribution in [2.75, 3.05) is 19.8 Å². The van der Waals surface area contributed by atoms with E-state index in [2.05, 4.69) is 33.0 Å². The van der Waals surface area contributed by atoms with E-state index in [-0.39, 0.29) is 50.4 Å². The smallest absolute Gasteiger partial charge is 0.328 e. The van der Waals surface area contributed by atoms with Crippen LogP contribution in [0.2, 0.25) is 0 Å². The highest BCUT2D eigenvalue weighted by molar-refractivity contribution is 5.84. The molecule has 1 heterocycles. The van der Waals surface area contributed by atoms with E-state index in [1.165, 1.54) is 161 Å². The van der Waals surface area contributed by atoms with E-state index < -0.39 is 55.0 Å². The lowest BCUT2D eigenvalue weighted by molar-refractivity contribution is -0.208. The molecule has 5 N–H and O–H groups in total. The molecular formula is C65H118N2O10. The maximum Gasteiger partial charge on any atom is 0.328 e. The van der Waals surface area contributed by atoms with Crippen LogP contribution < -0.4 is 11.1 Å². The Kier molecular flexibility index (Phi) is 45.1. The van der Waals surface area contributed by atoms with E-state index in [4.69, 9.17) is 29.4 Å². The minimum atomic E-state index is -1.37. The molecule has 1 aliphatic rings. The second-order valence-corrected chi connectivity index (χ2v) is 22.8. The molecule has 1 fully saturated rings. The monoisotopic (exact) mass is 1090 g/mol. The average Bonchev–Trinajstić information content (AvgIpc) is 3.44. The van der Waals surface area contributed by atoms with Gasteiger partial charge in [0.2, 0.25) is 5.91 Å². The van der Waals surface area contributed by atoms with Crippen LogP contribution in [-0.4, -0.2) is 96.6 Å². The highest BCUT2D eigenvalue weighted by atomic mass is 16.6. The number of hydrogen-bond acceptors (Lipinski definition) is 11. The standard InChI is InChI=1S/C65H118N2O10/c1-5-9-13-17-21-25-27-31-38-44-55(73-48-40-33-29-23-19-15-11-7-3)50-60(69)67-57(65(72)75-53-54-42-36-35-37-43-54)46-47-58-62(66)64(63(71)59(52-68)76-58)77-61(70)51-56(45-39-32-28-26-22-18-14-10-6-2)74-49-41-34-30-24-20-16-12-8-4/h35-37,42-43,55-59,62-64,68,71H,5-34,38-41,44-53,66H2,1-4H3,(H,67,69)/t55-,56-,57+,58+,59-,62+,63-,64-/m1/s1. The fourth-order valence-electron chi connectivity index (χ4n) is 10.7. The number of rotatable bonds is 53. The van der Waals surface area contributed by atoms with Gasteiger partial charge < -0.3 is 44.9 Å². The summed E-state index contributed by atoms with van der Waals surface area (Å²) in [5.41, 5.74) is 7.63. The molecule has 1 saturated heterocycles. The van der Waals surface area contributed by atoms with Crippen LogP contribution in [0, 0.1) is 0 Å². The number of aliphatic hydroxyl groups excluding tert-OH is 2. The summed E-state index contributed by atoms with van der Waals surface area (Å²) in [4.78, 5) is 41.8. The molecule has 0 unspecified atom stereocenters. The third-order valence-electron chi connectivity index (χ3n) is 15.7. The molecule has 0 bridgehead atoms. The van der Waals surface area contributed by atoms with Gasteiger partial charge in [-0.3, -0.25) is 9.59 Å². The summed E-state index contributed by atoms with van der Waals surface area (Å²) >= 11 is 0. The number of amides is 1. The number of carbonyl (C=O) groups is 3. The van der Waals surface area contributed by atoms with Gasteiger partial charge in [-0.1, -0.05) is 263 Å². The van der Waals surface area contributed by atoms with Gasteiger partial charge in [-0.2, -0.15) is 0 Å². The van der Waals surface area contributed by atoms with Gasteiger partial charge in [-0.25, -0.2) is 4.79 Å². The van der Waals surface area contributed by atoms with E-state index >= 15 is 0 Å². The van der Waals surface area contributed by atoms with Gasteiger partial charge in [0.15, 0.2) is 0 Å². The molecule has 1 aliphatic heterocycles. The van der Waals surface area contributed by atoms with Crippen molar-refractivity contribution in [3.63, 3.8) is 0 Å². The van der Waals surface area contributed by atoms with E-state index in [9.17, 15) is 24.6 Å². The molecular weight excluding hydrogens is 969 g/mol. The van der Waals surface area contributed by atoms with Crippen LogP contribution in [0.1, 0.15) is 290 Å². The summed E-state index contributed by atoms with van der Waals surface area (Å²) in [5.74, 6) is -1.40. The number of benzene rings is 1. The van der Waals surface area contributed by atoms with Crippen LogP contribution in [0.4, 0.5) is 0 Å². The molecule has 2 rings (SSSR count). The minimum Gasteiger partial charge on any atom is -0.459 e. The first-order valence-corrected chi connectivity index (χ1v) is 32.3. The number of aliphatic hydroxyl groups is 2. The van der Waals surface area contributed by atoms with Gasteiger partial charge in [0.05, 0.1) is 43.8 Å². The molecule has 12 nitrogen and oxygen atoms in total. The summed E-state index contributed by atoms with van der Waals surface area (Å²) in [5, 5.41) is 24.8. The number of hydrogen-bond donors (Lipinski definition) is 4. The molecule has 1 amide bonds. The molecule has 0 aromatic heterocycles. The Balaban J connectivity index is 2.14. The summed E-state index contributed by atoms with van der Waals surface area (Å²) in [6.07, 6.45) is 37.7. The van der Waals surface area contributed by atoms with Crippen molar-refractivity contribution in [1.82, 2.24) is 5.32 Å². The van der Waals surface area contributed by atoms with Crippen LogP contribution in [0.3, 0.4) is 0 Å². The Hall–Kier alpha value is -2.61. The highest BCUT2D eigenvalue weighted by Crippen LogP contribution is 2.27. The average molecular weight is 1090 g/mol. The zero-order chi connectivity index (χ0) is 55.8. The summed E-state index contributed by atoms with van der Waals surface area (Å²) < 4.78 is 30.8. The first-order chi connectivity index (χ1) is 37.7. The fourth-order valence-corrected chi connectivity index (χ4v) is 10.7. The molecule has 1 aromatic rings. The van der Waals surface area contributed by atoms with Crippen LogP contribution in [0.25, 0.3) is 0 Å². The minimum absolute atomic E-state index is 0.0314. The summed E-state index contributed by atoms with van der Waals surface area (Å²) in [7, 11) is 0. The maximum atomic E-state index is 14.0. The maximum absolute atomic E-state index is 14.0. The van der Waals surface area contributed by atoms with Crippen molar-refractivity contribution < 1.29 is 48.3 Å². The lowest BCUT2D eigenvalue weighted by atomic mass is 9.90. The topological polar surface area (TPSA) is 176 Å². The van der Waals surface area contributed by atoms with Crippen molar-refractivity contribution in [3.8, 4) is 0 Å². The Bertz CT molecular complexity index is 1480. The number of nitrogens with two attached hydrogens (primary N) is 1. The van der Waals surface area contributed by atoms with Gasteiger partial charge in [0.1, 0.15) is 31.0 Å².